The lowest BCUT2D eigenvalue weighted by Crippen LogP contribution is -2.49. The Morgan fingerprint density at radius 2 is 1.65 bits per heavy atom. The van der Waals surface area contributed by atoms with Crippen molar-refractivity contribution in [2.24, 2.45) is 0 Å². The van der Waals surface area contributed by atoms with Crippen LogP contribution in [0.25, 0.3) is 33.0 Å². The second kappa shape index (κ2) is 5.92. The molecule has 0 radical (unpaired) electrons. The maximum atomic E-state index is 10.8. The van der Waals surface area contributed by atoms with E-state index in [1.54, 1.807) is 0 Å². The molecule has 26 heavy (non-hydrogen) atoms. The predicted octanol–water partition coefficient (Wildman–Crippen LogP) is 4.20. The fourth-order valence-electron chi connectivity index (χ4n) is 4.67. The highest BCUT2D eigenvalue weighted by molar-refractivity contribution is 6.15. The van der Waals surface area contributed by atoms with E-state index < -0.39 is 11.8 Å². The van der Waals surface area contributed by atoms with Gasteiger partial charge in [0.1, 0.15) is 5.72 Å². The summed E-state index contributed by atoms with van der Waals surface area (Å²) in [6, 6.07) is 19.4. The summed E-state index contributed by atoms with van der Waals surface area (Å²) in [5.74, 6) is 0. The van der Waals surface area contributed by atoms with Gasteiger partial charge in [0.2, 0.25) is 0 Å². The molecule has 0 heterocycles. The zero-order valence-corrected chi connectivity index (χ0v) is 14.7. The molecule has 3 aromatic carbocycles. The first kappa shape index (κ1) is 16.0. The standard InChI is InChI=1S/C23H23NO2/c25-16-5-4-12-23(26,13-16)24-14-15-10-11-21-19-7-2-1-6-18(19)20-9-3-8-17(15)22(20)21/h1-3,6-11,16,24-26H,4-5,12-14H2/t16-,23+/m1/s1. The number of aliphatic hydroxyl groups excluding tert-OH is 1. The fraction of sp³-hybridized carbons (Fsp3) is 0.304. The molecule has 3 aromatic rings. The highest BCUT2D eigenvalue weighted by Gasteiger charge is 2.33. The highest BCUT2D eigenvalue weighted by Crippen LogP contribution is 2.47. The number of hydrogen-bond acceptors (Lipinski definition) is 3. The van der Waals surface area contributed by atoms with Crippen LogP contribution in [0.2, 0.25) is 0 Å². The lowest BCUT2D eigenvalue weighted by Gasteiger charge is -2.35. The van der Waals surface area contributed by atoms with Crippen molar-refractivity contribution < 1.29 is 10.2 Å². The van der Waals surface area contributed by atoms with Gasteiger partial charge in [0.15, 0.2) is 0 Å². The minimum atomic E-state index is -0.969. The monoisotopic (exact) mass is 345 g/mol. The normalized spacial score (nSPS) is 24.0. The lowest BCUT2D eigenvalue weighted by molar-refractivity contribution is -0.0702. The molecule has 0 unspecified atom stereocenters. The van der Waals surface area contributed by atoms with Gasteiger partial charge < -0.3 is 10.2 Å². The van der Waals surface area contributed by atoms with Crippen LogP contribution in [-0.4, -0.2) is 22.0 Å². The smallest absolute Gasteiger partial charge is 0.118 e. The first-order chi connectivity index (χ1) is 12.6. The summed E-state index contributed by atoms with van der Waals surface area (Å²) in [6.07, 6.45) is 2.31. The highest BCUT2D eigenvalue weighted by atomic mass is 16.3. The van der Waals surface area contributed by atoms with E-state index in [0.717, 1.165) is 12.8 Å². The molecule has 5 rings (SSSR count). The van der Waals surface area contributed by atoms with E-state index in [2.05, 4.69) is 59.9 Å². The van der Waals surface area contributed by atoms with E-state index in [1.165, 1.54) is 38.6 Å². The second-order valence-corrected chi connectivity index (χ2v) is 7.68. The fourth-order valence-corrected chi connectivity index (χ4v) is 4.67. The van der Waals surface area contributed by atoms with Crippen LogP contribution in [0.15, 0.2) is 54.6 Å². The number of hydrogen-bond donors (Lipinski definition) is 3. The van der Waals surface area contributed by atoms with Crippen LogP contribution >= 0.6 is 0 Å². The maximum Gasteiger partial charge on any atom is 0.118 e. The summed E-state index contributed by atoms with van der Waals surface area (Å²) in [5.41, 5.74) is 5.40. The molecule has 0 bridgehead atoms. The Morgan fingerprint density at radius 1 is 0.923 bits per heavy atom. The van der Waals surface area contributed by atoms with Crippen LogP contribution in [0, 0.1) is 0 Å². The minimum Gasteiger partial charge on any atom is -0.393 e. The molecule has 3 N–H and O–H groups in total. The Labute approximate surface area is 153 Å². The molecule has 0 spiro atoms. The summed E-state index contributed by atoms with van der Waals surface area (Å²) >= 11 is 0. The van der Waals surface area contributed by atoms with Gasteiger partial charge in [0.25, 0.3) is 0 Å². The van der Waals surface area contributed by atoms with Crippen LogP contribution < -0.4 is 5.32 Å². The van der Waals surface area contributed by atoms with Crippen molar-refractivity contribution in [3.8, 4) is 22.3 Å². The molecule has 132 valence electrons. The quantitative estimate of drug-likeness (QED) is 0.488. The first-order valence-electron chi connectivity index (χ1n) is 9.44. The number of rotatable bonds is 3. The lowest BCUT2D eigenvalue weighted by atomic mass is 9.89. The van der Waals surface area contributed by atoms with E-state index in [-0.39, 0.29) is 0 Å². The molecule has 0 aromatic heterocycles. The van der Waals surface area contributed by atoms with Gasteiger partial charge in [-0.25, -0.2) is 0 Å². The summed E-state index contributed by atoms with van der Waals surface area (Å²) in [7, 11) is 0. The molecule has 1 saturated carbocycles. The topological polar surface area (TPSA) is 52.5 Å². The van der Waals surface area contributed by atoms with Crippen LogP contribution in [-0.2, 0) is 6.54 Å². The van der Waals surface area contributed by atoms with E-state index in [4.69, 9.17) is 0 Å². The van der Waals surface area contributed by atoms with Crippen molar-refractivity contribution in [2.45, 2.75) is 44.1 Å². The van der Waals surface area contributed by atoms with Crippen molar-refractivity contribution in [3.63, 3.8) is 0 Å². The van der Waals surface area contributed by atoms with Gasteiger partial charge >= 0.3 is 0 Å². The molecule has 1 fully saturated rings. The average Bonchev–Trinajstić information content (AvgIpc) is 2.97. The summed E-state index contributed by atoms with van der Waals surface area (Å²) in [4.78, 5) is 0. The van der Waals surface area contributed by atoms with Crippen molar-refractivity contribution in [3.05, 3.63) is 60.2 Å². The third-order valence-electron chi connectivity index (χ3n) is 5.95. The first-order valence-corrected chi connectivity index (χ1v) is 9.44. The SMILES string of the molecule is O[C@@H]1CCC[C@@](O)(NCc2ccc3c4c(cccc24)-c2ccccc2-3)C1. The molecular formula is C23H23NO2. The van der Waals surface area contributed by atoms with Gasteiger partial charge in [-0.3, -0.25) is 5.32 Å². The van der Waals surface area contributed by atoms with Crippen molar-refractivity contribution in [1.82, 2.24) is 5.32 Å². The number of nitrogens with one attached hydrogen (secondary N) is 1. The van der Waals surface area contributed by atoms with Gasteiger partial charge in [-0.05, 0) is 57.9 Å². The van der Waals surface area contributed by atoms with Crippen molar-refractivity contribution >= 4 is 10.8 Å². The third kappa shape index (κ3) is 2.47. The van der Waals surface area contributed by atoms with Crippen LogP contribution in [0.3, 0.4) is 0 Å². The zero-order valence-electron chi connectivity index (χ0n) is 14.7. The van der Waals surface area contributed by atoms with E-state index in [0.29, 0.717) is 19.4 Å². The Morgan fingerprint density at radius 3 is 2.42 bits per heavy atom. The predicted molar refractivity (Wildman–Crippen MR) is 105 cm³/mol. The number of benzene rings is 3. The van der Waals surface area contributed by atoms with Gasteiger partial charge in [-0.15, -0.1) is 0 Å². The molecule has 2 aliphatic rings. The summed E-state index contributed by atoms with van der Waals surface area (Å²) < 4.78 is 0. The summed E-state index contributed by atoms with van der Waals surface area (Å²) in [5, 5.41) is 26.5. The molecule has 3 heteroatoms. The van der Waals surface area contributed by atoms with Crippen LogP contribution in [0.5, 0.6) is 0 Å². The Kier molecular flexibility index (Phi) is 3.64. The second-order valence-electron chi connectivity index (χ2n) is 7.68. The van der Waals surface area contributed by atoms with Crippen LogP contribution in [0.1, 0.15) is 31.2 Å². The molecule has 2 aliphatic carbocycles. The molecule has 3 nitrogen and oxygen atoms in total. The average molecular weight is 345 g/mol. The minimum absolute atomic E-state index is 0.402. The van der Waals surface area contributed by atoms with Gasteiger partial charge in [0.05, 0.1) is 6.10 Å². The van der Waals surface area contributed by atoms with E-state index in [1.807, 2.05) is 0 Å². The van der Waals surface area contributed by atoms with Gasteiger partial charge in [-0.1, -0.05) is 54.6 Å². The summed E-state index contributed by atoms with van der Waals surface area (Å²) in [6.45, 7) is 0.597. The van der Waals surface area contributed by atoms with Gasteiger partial charge in [-0.2, -0.15) is 0 Å². The van der Waals surface area contributed by atoms with Gasteiger partial charge in [0, 0.05) is 13.0 Å². The van der Waals surface area contributed by atoms with Crippen molar-refractivity contribution in [1.29, 1.82) is 0 Å². The molecular weight excluding hydrogens is 322 g/mol. The van der Waals surface area contributed by atoms with Crippen molar-refractivity contribution in [2.75, 3.05) is 0 Å². The largest absolute Gasteiger partial charge is 0.393 e. The Hall–Kier alpha value is -2.20. The molecule has 0 aliphatic heterocycles. The molecule has 0 amide bonds. The number of aliphatic hydroxyl groups is 2. The molecule has 2 atom stereocenters. The maximum absolute atomic E-state index is 10.8. The van der Waals surface area contributed by atoms with E-state index >= 15 is 0 Å². The van der Waals surface area contributed by atoms with E-state index in [9.17, 15) is 10.2 Å². The molecule has 0 saturated heterocycles. The third-order valence-corrected chi connectivity index (χ3v) is 5.95. The number of fused-ring (bicyclic) bond motifs is 3. The Bertz CT molecular complexity index is 967. The van der Waals surface area contributed by atoms with Crippen LogP contribution in [0.4, 0.5) is 0 Å². The zero-order chi connectivity index (χ0) is 17.7. The Balaban J connectivity index is 1.52.